The molecule has 5 heteroatoms. The average Bonchev–Trinajstić information content (AvgIpc) is 2.84. The highest BCUT2D eigenvalue weighted by molar-refractivity contribution is 5.89. The summed E-state index contributed by atoms with van der Waals surface area (Å²) < 4.78 is 0. The van der Waals surface area contributed by atoms with E-state index < -0.39 is 0 Å². The first-order valence-electron chi connectivity index (χ1n) is 5.82. The number of aromatic amines is 2. The first kappa shape index (κ1) is 10.7. The topological polar surface area (TPSA) is 74.4 Å². The molecule has 0 unspecified atom stereocenters. The molecule has 0 spiro atoms. The first-order chi connectivity index (χ1) is 8.79. The van der Waals surface area contributed by atoms with Gasteiger partial charge in [-0.3, -0.25) is 9.89 Å². The minimum Gasteiger partial charge on any atom is -0.310 e. The van der Waals surface area contributed by atoms with E-state index >= 15 is 0 Å². The summed E-state index contributed by atoms with van der Waals surface area (Å²) in [6, 6.07) is 9.63. The van der Waals surface area contributed by atoms with Gasteiger partial charge in [-0.2, -0.15) is 5.10 Å². The monoisotopic (exact) mass is 240 g/mol. The van der Waals surface area contributed by atoms with E-state index in [2.05, 4.69) is 20.2 Å². The van der Waals surface area contributed by atoms with Crippen LogP contribution < -0.4 is 5.56 Å². The summed E-state index contributed by atoms with van der Waals surface area (Å²) in [7, 11) is 0. The van der Waals surface area contributed by atoms with Crippen LogP contribution in [0.3, 0.4) is 0 Å². The number of benzene rings is 1. The van der Waals surface area contributed by atoms with E-state index in [1.165, 1.54) is 0 Å². The summed E-state index contributed by atoms with van der Waals surface area (Å²) in [6.07, 6.45) is 0.679. The van der Waals surface area contributed by atoms with Crippen molar-refractivity contribution in [1.82, 2.24) is 20.2 Å². The molecule has 3 aromatic rings. The summed E-state index contributed by atoms with van der Waals surface area (Å²) in [4.78, 5) is 19.1. The first-order valence-corrected chi connectivity index (χ1v) is 5.82. The second-order valence-electron chi connectivity index (χ2n) is 4.03. The van der Waals surface area contributed by atoms with E-state index in [0.29, 0.717) is 29.0 Å². The molecule has 2 heterocycles. The van der Waals surface area contributed by atoms with Crippen molar-refractivity contribution in [3.05, 3.63) is 46.5 Å². The molecule has 1 aromatic carbocycles. The van der Waals surface area contributed by atoms with E-state index in [4.69, 9.17) is 0 Å². The molecule has 0 saturated heterocycles. The van der Waals surface area contributed by atoms with E-state index in [1.807, 2.05) is 37.3 Å². The summed E-state index contributed by atoms with van der Waals surface area (Å²) in [5.41, 5.74) is 1.96. The lowest BCUT2D eigenvalue weighted by molar-refractivity contribution is 0.935. The molecule has 90 valence electrons. The quantitative estimate of drug-likeness (QED) is 0.718. The maximum Gasteiger partial charge on any atom is 0.262 e. The third-order valence-electron chi connectivity index (χ3n) is 2.87. The molecule has 0 radical (unpaired) electrons. The summed E-state index contributed by atoms with van der Waals surface area (Å²) in [5.74, 6) is 0.651. The number of fused-ring (bicyclic) bond motifs is 1. The molecular weight excluding hydrogens is 228 g/mol. The zero-order valence-corrected chi connectivity index (χ0v) is 9.90. The summed E-state index contributed by atoms with van der Waals surface area (Å²) in [5, 5.41) is 7.51. The van der Waals surface area contributed by atoms with Crippen LogP contribution in [0.5, 0.6) is 0 Å². The standard InChI is InChI=1S/C13H12N4O/c1-2-9-14-12-10(13(18)15-9)11(16-17-12)8-6-4-3-5-7-8/h3-7H,2H2,1H3,(H2,14,15,16,17,18). The van der Waals surface area contributed by atoms with E-state index in [-0.39, 0.29) is 5.56 Å². The van der Waals surface area contributed by atoms with Gasteiger partial charge in [0.1, 0.15) is 11.2 Å². The van der Waals surface area contributed by atoms with Crippen LogP contribution in [-0.2, 0) is 6.42 Å². The van der Waals surface area contributed by atoms with Gasteiger partial charge in [0.2, 0.25) is 0 Å². The number of hydrogen-bond donors (Lipinski definition) is 2. The molecule has 0 aliphatic carbocycles. The van der Waals surface area contributed by atoms with Gasteiger partial charge in [-0.25, -0.2) is 4.98 Å². The summed E-state index contributed by atoms with van der Waals surface area (Å²) >= 11 is 0. The lowest BCUT2D eigenvalue weighted by atomic mass is 10.1. The Morgan fingerprint density at radius 3 is 2.72 bits per heavy atom. The van der Waals surface area contributed by atoms with Gasteiger partial charge in [-0.1, -0.05) is 37.3 Å². The van der Waals surface area contributed by atoms with Crippen molar-refractivity contribution < 1.29 is 0 Å². The number of H-pyrrole nitrogens is 2. The minimum atomic E-state index is -0.149. The van der Waals surface area contributed by atoms with Crippen molar-refractivity contribution in [3.63, 3.8) is 0 Å². The Morgan fingerprint density at radius 2 is 2.00 bits per heavy atom. The lowest BCUT2D eigenvalue weighted by Crippen LogP contribution is -2.11. The highest BCUT2D eigenvalue weighted by Crippen LogP contribution is 2.21. The third kappa shape index (κ3) is 1.60. The van der Waals surface area contributed by atoms with Gasteiger partial charge in [0, 0.05) is 12.0 Å². The van der Waals surface area contributed by atoms with Crippen molar-refractivity contribution in [3.8, 4) is 11.3 Å². The molecule has 0 atom stereocenters. The molecule has 0 fully saturated rings. The van der Waals surface area contributed by atoms with Crippen molar-refractivity contribution >= 4 is 11.0 Å². The van der Waals surface area contributed by atoms with E-state index in [9.17, 15) is 4.79 Å². The predicted octanol–water partition coefficient (Wildman–Crippen LogP) is 1.88. The summed E-state index contributed by atoms with van der Waals surface area (Å²) in [6.45, 7) is 1.94. The van der Waals surface area contributed by atoms with Crippen molar-refractivity contribution in [2.45, 2.75) is 13.3 Å². The highest BCUT2D eigenvalue weighted by Gasteiger charge is 2.12. The van der Waals surface area contributed by atoms with Crippen LogP contribution in [0.4, 0.5) is 0 Å². The second kappa shape index (κ2) is 4.10. The molecule has 0 amide bonds. The van der Waals surface area contributed by atoms with Gasteiger partial charge in [0.05, 0.1) is 5.69 Å². The number of rotatable bonds is 2. The Hall–Kier alpha value is -2.43. The fourth-order valence-corrected chi connectivity index (χ4v) is 1.96. The minimum absolute atomic E-state index is 0.149. The maximum atomic E-state index is 12.1. The molecular formula is C13H12N4O. The van der Waals surface area contributed by atoms with Crippen molar-refractivity contribution in [2.75, 3.05) is 0 Å². The van der Waals surface area contributed by atoms with Crippen LogP contribution in [-0.4, -0.2) is 20.2 Å². The molecule has 5 nitrogen and oxygen atoms in total. The van der Waals surface area contributed by atoms with Gasteiger partial charge in [-0.15, -0.1) is 0 Å². The zero-order valence-electron chi connectivity index (χ0n) is 9.90. The van der Waals surface area contributed by atoms with Gasteiger partial charge in [0.15, 0.2) is 5.65 Å². The maximum absolute atomic E-state index is 12.1. The molecule has 18 heavy (non-hydrogen) atoms. The number of aryl methyl sites for hydroxylation is 1. The van der Waals surface area contributed by atoms with Gasteiger partial charge < -0.3 is 4.98 Å². The molecule has 0 bridgehead atoms. The second-order valence-corrected chi connectivity index (χ2v) is 4.03. The number of hydrogen-bond acceptors (Lipinski definition) is 3. The van der Waals surface area contributed by atoms with Crippen LogP contribution in [0.15, 0.2) is 35.1 Å². The normalized spacial score (nSPS) is 10.9. The van der Waals surface area contributed by atoms with Gasteiger partial charge >= 0.3 is 0 Å². The largest absolute Gasteiger partial charge is 0.310 e. The molecule has 3 rings (SSSR count). The fourth-order valence-electron chi connectivity index (χ4n) is 1.96. The Labute approximate surface area is 103 Å². The Kier molecular flexibility index (Phi) is 2.44. The fraction of sp³-hybridized carbons (Fsp3) is 0.154. The van der Waals surface area contributed by atoms with Crippen LogP contribution in [0.25, 0.3) is 22.3 Å². The predicted molar refractivity (Wildman–Crippen MR) is 69.3 cm³/mol. The number of nitrogens with zero attached hydrogens (tertiary/aromatic N) is 2. The highest BCUT2D eigenvalue weighted by atomic mass is 16.1. The van der Waals surface area contributed by atoms with E-state index in [0.717, 1.165) is 5.56 Å². The van der Waals surface area contributed by atoms with Gasteiger partial charge in [0.25, 0.3) is 5.56 Å². The van der Waals surface area contributed by atoms with Crippen LogP contribution in [0.1, 0.15) is 12.7 Å². The molecule has 0 saturated carbocycles. The Balaban J connectivity index is 2.30. The van der Waals surface area contributed by atoms with Crippen LogP contribution in [0, 0.1) is 0 Å². The van der Waals surface area contributed by atoms with Gasteiger partial charge in [-0.05, 0) is 0 Å². The Morgan fingerprint density at radius 1 is 1.22 bits per heavy atom. The number of aromatic nitrogens is 4. The lowest BCUT2D eigenvalue weighted by Gasteiger charge is -1.98. The smallest absolute Gasteiger partial charge is 0.262 e. The van der Waals surface area contributed by atoms with E-state index in [1.54, 1.807) is 0 Å². The third-order valence-corrected chi connectivity index (χ3v) is 2.87. The Bertz CT molecular complexity index is 743. The molecule has 2 N–H and O–H groups in total. The van der Waals surface area contributed by atoms with Crippen molar-refractivity contribution in [1.29, 1.82) is 0 Å². The zero-order chi connectivity index (χ0) is 12.5. The van der Waals surface area contributed by atoms with Crippen molar-refractivity contribution in [2.24, 2.45) is 0 Å². The van der Waals surface area contributed by atoms with Crippen LogP contribution in [0.2, 0.25) is 0 Å². The van der Waals surface area contributed by atoms with Crippen LogP contribution >= 0.6 is 0 Å². The average molecular weight is 240 g/mol. The molecule has 0 aliphatic rings. The molecule has 0 aliphatic heterocycles. The number of nitrogens with one attached hydrogen (secondary N) is 2. The SMILES string of the molecule is CCc1nc2n[nH]c(-c3ccccc3)c2c(=O)[nH]1. The molecule has 2 aromatic heterocycles.